The molecule has 4 heteroatoms. The molecule has 1 saturated carbocycles. The summed E-state index contributed by atoms with van der Waals surface area (Å²) in [6.45, 7) is 0. The monoisotopic (exact) mass is 356 g/mol. The Hall–Kier alpha value is -3.27. The molecule has 0 amide bonds. The number of aldehydes is 1. The molecular weight excluding hydrogens is 339 g/mol. The Labute approximate surface area is 156 Å². The van der Waals surface area contributed by atoms with Gasteiger partial charge in [0.15, 0.2) is 6.29 Å². The van der Waals surface area contributed by atoms with Gasteiger partial charge in [0.2, 0.25) is 0 Å². The lowest BCUT2D eigenvalue weighted by molar-refractivity contribution is -0.102. The number of carbonyl (C=O) groups is 1. The number of fused-ring (bicyclic) bond motifs is 1. The molecule has 2 unspecified atom stereocenters. The van der Waals surface area contributed by atoms with Crippen LogP contribution in [0.25, 0.3) is 11.1 Å². The molecule has 0 spiro atoms. The molecule has 1 heterocycles. The zero-order chi connectivity index (χ0) is 18.4. The van der Waals surface area contributed by atoms with E-state index in [9.17, 15) is 9.18 Å². The summed E-state index contributed by atoms with van der Waals surface area (Å²) in [4.78, 5) is 11.5. The first kappa shape index (κ1) is 15.9. The number of anilines is 1. The van der Waals surface area contributed by atoms with E-state index in [0.717, 1.165) is 23.1 Å². The van der Waals surface area contributed by atoms with Crippen molar-refractivity contribution >= 4 is 17.7 Å². The third-order valence-electron chi connectivity index (χ3n) is 5.56. The predicted molar refractivity (Wildman–Crippen MR) is 104 cm³/mol. The average molecular weight is 356 g/mol. The first-order chi connectivity index (χ1) is 13.2. The van der Waals surface area contributed by atoms with Crippen molar-refractivity contribution < 1.29 is 9.18 Å². The zero-order valence-electron chi connectivity index (χ0n) is 14.5. The molecule has 2 aliphatic rings. The maximum atomic E-state index is 14.6. The summed E-state index contributed by atoms with van der Waals surface area (Å²) in [7, 11) is 0. The maximum absolute atomic E-state index is 14.6. The van der Waals surface area contributed by atoms with Crippen LogP contribution >= 0.6 is 0 Å². The summed E-state index contributed by atoms with van der Waals surface area (Å²) in [5.41, 5.74) is 3.60. The van der Waals surface area contributed by atoms with Crippen LogP contribution in [0, 0.1) is 11.7 Å². The molecule has 3 nitrogen and oxygen atoms in total. The van der Waals surface area contributed by atoms with Crippen molar-refractivity contribution in [1.82, 2.24) is 0 Å². The Morgan fingerprint density at radius 2 is 1.59 bits per heavy atom. The highest BCUT2D eigenvalue weighted by atomic mass is 19.1. The van der Waals surface area contributed by atoms with Crippen LogP contribution in [0.4, 0.5) is 10.1 Å². The average Bonchev–Trinajstić information content (AvgIpc) is 3.38. The molecule has 0 bridgehead atoms. The van der Waals surface area contributed by atoms with E-state index in [2.05, 4.69) is 17.2 Å². The molecule has 1 aliphatic heterocycles. The lowest BCUT2D eigenvalue weighted by Crippen LogP contribution is -2.30. The number of hydrogen-bond donors (Lipinski definition) is 0. The normalized spacial score (nSPS) is 22.9. The van der Waals surface area contributed by atoms with E-state index in [1.54, 1.807) is 12.1 Å². The standard InChI is InChI=1S/C23H17FN2O/c24-21-9-5-4-8-19(21)23-14-20(23)22(15-27)25-26(23)18-12-10-17(11-13-18)16-6-2-1-3-7-16/h1-13,15,20H,14H2. The highest BCUT2D eigenvalue weighted by Gasteiger charge is 2.67. The van der Waals surface area contributed by atoms with Gasteiger partial charge in [-0.2, -0.15) is 5.10 Å². The van der Waals surface area contributed by atoms with Crippen LogP contribution in [0.15, 0.2) is 84.0 Å². The van der Waals surface area contributed by atoms with Crippen LogP contribution in [0.5, 0.6) is 0 Å². The fourth-order valence-electron chi connectivity index (χ4n) is 4.15. The molecule has 3 aromatic rings. The number of hydrogen-bond acceptors (Lipinski definition) is 3. The van der Waals surface area contributed by atoms with E-state index in [1.165, 1.54) is 6.07 Å². The third kappa shape index (κ3) is 2.33. The molecule has 0 radical (unpaired) electrons. The number of carbonyl (C=O) groups excluding carboxylic acids is 1. The van der Waals surface area contributed by atoms with Crippen molar-refractivity contribution in [2.75, 3.05) is 5.01 Å². The Bertz CT molecular complexity index is 1050. The number of halogens is 1. The Balaban J connectivity index is 1.56. The molecule has 27 heavy (non-hydrogen) atoms. The van der Waals surface area contributed by atoms with E-state index in [1.807, 2.05) is 53.5 Å². The Morgan fingerprint density at radius 3 is 2.30 bits per heavy atom. The summed E-state index contributed by atoms with van der Waals surface area (Å²) in [6, 6.07) is 24.9. The smallest absolute Gasteiger partial charge is 0.166 e. The van der Waals surface area contributed by atoms with Crippen LogP contribution in [0.2, 0.25) is 0 Å². The first-order valence-corrected chi connectivity index (χ1v) is 8.98. The van der Waals surface area contributed by atoms with Gasteiger partial charge in [-0.3, -0.25) is 9.80 Å². The quantitative estimate of drug-likeness (QED) is 0.630. The third-order valence-corrected chi connectivity index (χ3v) is 5.56. The minimum Gasteiger partial charge on any atom is -0.296 e. The van der Waals surface area contributed by atoms with Crippen LogP contribution in [0.3, 0.4) is 0 Å². The second-order valence-electron chi connectivity index (χ2n) is 7.03. The van der Waals surface area contributed by atoms with Crippen molar-refractivity contribution in [3.8, 4) is 11.1 Å². The SMILES string of the molecule is O=CC1=NN(c2ccc(-c3ccccc3)cc2)C2(c3ccccc3F)CC12. The van der Waals surface area contributed by atoms with Crippen LogP contribution in [0.1, 0.15) is 12.0 Å². The molecular formula is C23H17FN2O. The van der Waals surface area contributed by atoms with Gasteiger partial charge >= 0.3 is 0 Å². The van der Waals surface area contributed by atoms with Gasteiger partial charge in [-0.25, -0.2) is 4.39 Å². The molecule has 0 aromatic heterocycles. The largest absolute Gasteiger partial charge is 0.296 e. The molecule has 5 rings (SSSR count). The van der Waals surface area contributed by atoms with Crippen LogP contribution < -0.4 is 5.01 Å². The van der Waals surface area contributed by atoms with Gasteiger partial charge in [0.1, 0.15) is 17.1 Å². The molecule has 0 saturated heterocycles. The molecule has 1 aliphatic carbocycles. The van der Waals surface area contributed by atoms with Gasteiger partial charge in [0.05, 0.1) is 5.69 Å². The van der Waals surface area contributed by atoms with Gasteiger partial charge in [-0.05, 0) is 35.7 Å². The van der Waals surface area contributed by atoms with E-state index < -0.39 is 5.54 Å². The van der Waals surface area contributed by atoms with Crippen molar-refractivity contribution in [1.29, 1.82) is 0 Å². The summed E-state index contributed by atoms with van der Waals surface area (Å²) >= 11 is 0. The summed E-state index contributed by atoms with van der Waals surface area (Å²) in [6.07, 6.45) is 1.50. The molecule has 0 N–H and O–H groups in total. The number of hydrazone groups is 1. The number of nitrogens with zero attached hydrogens (tertiary/aromatic N) is 2. The van der Waals surface area contributed by atoms with Gasteiger partial charge in [-0.1, -0.05) is 60.7 Å². The summed E-state index contributed by atoms with van der Waals surface area (Å²) < 4.78 is 14.6. The molecule has 2 atom stereocenters. The number of rotatable bonds is 4. The van der Waals surface area contributed by atoms with Crippen molar-refractivity contribution in [2.45, 2.75) is 12.0 Å². The minimum atomic E-state index is -0.587. The fraction of sp³-hybridized carbons (Fsp3) is 0.130. The van der Waals surface area contributed by atoms with Gasteiger partial charge in [0, 0.05) is 11.5 Å². The van der Waals surface area contributed by atoms with Crippen molar-refractivity contribution in [2.24, 2.45) is 11.0 Å². The molecule has 1 fully saturated rings. The maximum Gasteiger partial charge on any atom is 0.166 e. The van der Waals surface area contributed by atoms with E-state index in [0.29, 0.717) is 17.7 Å². The van der Waals surface area contributed by atoms with Crippen LogP contribution in [-0.2, 0) is 10.3 Å². The van der Waals surface area contributed by atoms with Crippen molar-refractivity contribution in [3.63, 3.8) is 0 Å². The lowest BCUT2D eigenvalue weighted by Gasteiger charge is -2.28. The van der Waals surface area contributed by atoms with Crippen LogP contribution in [-0.4, -0.2) is 12.0 Å². The van der Waals surface area contributed by atoms with Gasteiger partial charge in [-0.15, -0.1) is 0 Å². The summed E-state index contributed by atoms with van der Waals surface area (Å²) in [5, 5.41) is 6.34. The molecule has 3 aromatic carbocycles. The summed E-state index contributed by atoms with van der Waals surface area (Å²) in [5.74, 6) is -0.311. The number of benzene rings is 3. The highest BCUT2D eigenvalue weighted by molar-refractivity contribution is 6.32. The Morgan fingerprint density at radius 1 is 0.926 bits per heavy atom. The lowest BCUT2D eigenvalue weighted by atomic mass is 9.99. The topological polar surface area (TPSA) is 32.7 Å². The first-order valence-electron chi connectivity index (χ1n) is 8.98. The zero-order valence-corrected chi connectivity index (χ0v) is 14.5. The van der Waals surface area contributed by atoms with Gasteiger partial charge in [0.25, 0.3) is 0 Å². The second kappa shape index (κ2) is 5.88. The fourth-order valence-corrected chi connectivity index (χ4v) is 4.15. The van der Waals surface area contributed by atoms with E-state index in [4.69, 9.17) is 0 Å². The molecule has 132 valence electrons. The Kier molecular flexibility index (Phi) is 3.47. The highest BCUT2D eigenvalue weighted by Crippen LogP contribution is 2.62. The predicted octanol–water partition coefficient (Wildman–Crippen LogP) is 4.78. The second-order valence-corrected chi connectivity index (χ2v) is 7.03. The van der Waals surface area contributed by atoms with E-state index in [-0.39, 0.29) is 11.7 Å². The van der Waals surface area contributed by atoms with Gasteiger partial charge < -0.3 is 0 Å². The van der Waals surface area contributed by atoms with E-state index >= 15 is 0 Å². The van der Waals surface area contributed by atoms with Crippen molar-refractivity contribution in [3.05, 3.63) is 90.2 Å². The minimum absolute atomic E-state index is 0.0549.